The number of aromatic amines is 1. The van der Waals surface area contributed by atoms with Gasteiger partial charge >= 0.3 is 0 Å². The minimum Gasteiger partial charge on any atom is -0.454 e. The first kappa shape index (κ1) is 16.4. The van der Waals surface area contributed by atoms with Crippen LogP contribution in [0.25, 0.3) is 10.9 Å². The predicted octanol–water partition coefficient (Wildman–Crippen LogP) is 3.40. The summed E-state index contributed by atoms with van der Waals surface area (Å²) >= 11 is 0. The van der Waals surface area contributed by atoms with E-state index in [1.54, 1.807) is 0 Å². The van der Waals surface area contributed by atoms with E-state index in [4.69, 9.17) is 9.47 Å². The molecule has 0 unspecified atom stereocenters. The van der Waals surface area contributed by atoms with Gasteiger partial charge in [-0.25, -0.2) is 4.39 Å². The van der Waals surface area contributed by atoms with Crippen molar-refractivity contribution >= 4 is 16.6 Å². The van der Waals surface area contributed by atoms with E-state index in [0.29, 0.717) is 6.79 Å². The number of rotatable bonds is 4. The van der Waals surface area contributed by atoms with Crippen LogP contribution in [0, 0.1) is 5.82 Å². The van der Waals surface area contributed by atoms with E-state index in [1.165, 1.54) is 23.1 Å². The van der Waals surface area contributed by atoms with Crippen LogP contribution in [0.3, 0.4) is 0 Å². The highest BCUT2D eigenvalue weighted by atomic mass is 19.1. The number of aromatic nitrogens is 1. The van der Waals surface area contributed by atoms with Crippen molar-refractivity contribution in [2.24, 2.45) is 0 Å². The van der Waals surface area contributed by atoms with E-state index >= 15 is 0 Å². The van der Waals surface area contributed by atoms with Gasteiger partial charge in [-0.3, -0.25) is 4.90 Å². The zero-order valence-electron chi connectivity index (χ0n) is 15.1. The van der Waals surface area contributed by atoms with Gasteiger partial charge in [0.1, 0.15) is 5.82 Å². The highest BCUT2D eigenvalue weighted by Gasteiger charge is 2.19. The zero-order valence-corrected chi connectivity index (χ0v) is 15.1. The molecule has 1 fully saturated rings. The average Bonchev–Trinajstić information content (AvgIpc) is 3.32. The molecule has 0 radical (unpaired) electrons. The van der Waals surface area contributed by atoms with Gasteiger partial charge < -0.3 is 19.4 Å². The maximum absolute atomic E-state index is 13.1. The Morgan fingerprint density at radius 3 is 2.48 bits per heavy atom. The summed E-state index contributed by atoms with van der Waals surface area (Å²) in [6.07, 6.45) is 3.09. The summed E-state index contributed by atoms with van der Waals surface area (Å²) in [6.45, 7) is 5.31. The lowest BCUT2D eigenvalue weighted by Gasteiger charge is -2.36. The molecular formula is C21H22FN3O2. The van der Waals surface area contributed by atoms with E-state index in [2.05, 4.69) is 27.0 Å². The Labute approximate surface area is 157 Å². The van der Waals surface area contributed by atoms with Crippen LogP contribution < -0.4 is 14.4 Å². The van der Waals surface area contributed by atoms with Crippen LogP contribution in [-0.2, 0) is 6.42 Å². The molecule has 0 aliphatic carbocycles. The fourth-order valence-electron chi connectivity index (χ4n) is 3.94. The van der Waals surface area contributed by atoms with E-state index in [-0.39, 0.29) is 5.82 Å². The second kappa shape index (κ2) is 6.78. The molecule has 140 valence electrons. The van der Waals surface area contributed by atoms with Gasteiger partial charge in [-0.05, 0) is 42.3 Å². The van der Waals surface area contributed by atoms with Gasteiger partial charge in [0.15, 0.2) is 11.5 Å². The number of fused-ring (bicyclic) bond motifs is 2. The van der Waals surface area contributed by atoms with Crippen molar-refractivity contribution in [1.29, 1.82) is 0 Å². The first-order valence-corrected chi connectivity index (χ1v) is 9.39. The highest BCUT2D eigenvalue weighted by Crippen LogP contribution is 2.37. The number of nitrogens with one attached hydrogen (secondary N) is 1. The van der Waals surface area contributed by atoms with Crippen LogP contribution in [0.1, 0.15) is 5.56 Å². The summed E-state index contributed by atoms with van der Waals surface area (Å²) in [5, 5.41) is 1.21. The normalized spacial score (nSPS) is 17.0. The average molecular weight is 367 g/mol. The molecule has 3 aromatic rings. The third-order valence-corrected chi connectivity index (χ3v) is 5.52. The van der Waals surface area contributed by atoms with Gasteiger partial charge in [-0.1, -0.05) is 0 Å². The predicted molar refractivity (Wildman–Crippen MR) is 103 cm³/mol. The van der Waals surface area contributed by atoms with Crippen molar-refractivity contribution in [2.75, 3.05) is 44.4 Å². The van der Waals surface area contributed by atoms with Gasteiger partial charge in [-0.15, -0.1) is 0 Å². The Morgan fingerprint density at radius 2 is 1.70 bits per heavy atom. The number of nitrogens with zero attached hydrogens (tertiary/aromatic N) is 2. The lowest BCUT2D eigenvalue weighted by Crippen LogP contribution is -2.47. The lowest BCUT2D eigenvalue weighted by molar-refractivity contribution is 0.174. The second-order valence-corrected chi connectivity index (χ2v) is 7.12. The SMILES string of the molecule is Fc1ccc(N2CCN(CCc3c[nH]c4cc5c(cc34)OCO5)CC2)cc1. The number of hydrogen-bond acceptors (Lipinski definition) is 4. The molecule has 5 rings (SSSR count). The van der Waals surface area contributed by atoms with Crippen LogP contribution in [0.2, 0.25) is 0 Å². The molecule has 5 nitrogen and oxygen atoms in total. The van der Waals surface area contributed by atoms with Crippen molar-refractivity contribution in [3.05, 3.63) is 54.0 Å². The summed E-state index contributed by atoms with van der Waals surface area (Å²) in [4.78, 5) is 8.16. The van der Waals surface area contributed by atoms with Crippen LogP contribution in [0.4, 0.5) is 10.1 Å². The molecule has 0 spiro atoms. The molecule has 2 aliphatic rings. The molecule has 0 bridgehead atoms. The summed E-state index contributed by atoms with van der Waals surface area (Å²) in [7, 11) is 0. The molecule has 1 aromatic heterocycles. The third kappa shape index (κ3) is 3.21. The number of halogens is 1. The molecule has 0 atom stereocenters. The number of hydrogen-bond donors (Lipinski definition) is 1. The minimum atomic E-state index is -0.182. The summed E-state index contributed by atoms with van der Waals surface area (Å²) in [5.74, 6) is 1.46. The van der Waals surface area contributed by atoms with Crippen molar-refractivity contribution in [2.45, 2.75) is 6.42 Å². The first-order chi connectivity index (χ1) is 13.3. The maximum atomic E-state index is 13.1. The van der Waals surface area contributed by atoms with Gasteiger partial charge in [0.2, 0.25) is 6.79 Å². The third-order valence-electron chi connectivity index (χ3n) is 5.52. The zero-order chi connectivity index (χ0) is 18.2. The van der Waals surface area contributed by atoms with Gasteiger partial charge in [-0.2, -0.15) is 0 Å². The van der Waals surface area contributed by atoms with E-state index in [1.807, 2.05) is 18.2 Å². The molecule has 3 heterocycles. The summed E-state index contributed by atoms with van der Waals surface area (Å²) in [6, 6.07) is 10.9. The standard InChI is InChI=1S/C21H22FN3O2/c22-16-1-3-17(4-2-16)25-9-7-24(8-10-25)6-5-15-13-23-19-12-21-20(11-18(15)19)26-14-27-21/h1-4,11-13,23H,5-10,14H2. The Bertz CT molecular complexity index is 946. The van der Waals surface area contributed by atoms with Crippen molar-refractivity contribution in [3.8, 4) is 11.5 Å². The summed E-state index contributed by atoms with van der Waals surface area (Å²) < 4.78 is 24.1. The Hall–Kier alpha value is -2.73. The van der Waals surface area contributed by atoms with E-state index in [0.717, 1.165) is 61.8 Å². The molecular weight excluding hydrogens is 345 g/mol. The van der Waals surface area contributed by atoms with Crippen LogP contribution in [-0.4, -0.2) is 49.4 Å². The quantitative estimate of drug-likeness (QED) is 0.767. The Morgan fingerprint density at radius 1 is 0.963 bits per heavy atom. The van der Waals surface area contributed by atoms with Gasteiger partial charge in [0, 0.05) is 61.6 Å². The maximum Gasteiger partial charge on any atom is 0.231 e. The fourth-order valence-corrected chi connectivity index (χ4v) is 3.94. The van der Waals surface area contributed by atoms with Crippen LogP contribution >= 0.6 is 0 Å². The van der Waals surface area contributed by atoms with E-state index < -0.39 is 0 Å². The molecule has 2 aliphatic heterocycles. The van der Waals surface area contributed by atoms with Crippen molar-refractivity contribution in [3.63, 3.8) is 0 Å². The molecule has 27 heavy (non-hydrogen) atoms. The lowest BCUT2D eigenvalue weighted by atomic mass is 10.1. The smallest absolute Gasteiger partial charge is 0.231 e. The minimum absolute atomic E-state index is 0.182. The number of anilines is 1. The van der Waals surface area contributed by atoms with Gasteiger partial charge in [0.25, 0.3) is 0 Å². The molecule has 0 amide bonds. The highest BCUT2D eigenvalue weighted by molar-refractivity contribution is 5.87. The number of piperazine rings is 1. The number of benzene rings is 2. The largest absolute Gasteiger partial charge is 0.454 e. The number of H-pyrrole nitrogens is 1. The molecule has 6 heteroatoms. The van der Waals surface area contributed by atoms with Crippen molar-refractivity contribution in [1.82, 2.24) is 9.88 Å². The number of ether oxygens (including phenoxy) is 2. The molecule has 1 saturated heterocycles. The van der Waals surface area contributed by atoms with Crippen molar-refractivity contribution < 1.29 is 13.9 Å². The van der Waals surface area contributed by atoms with Crippen LogP contribution in [0.5, 0.6) is 11.5 Å². The Kier molecular flexibility index (Phi) is 4.13. The molecule has 2 aromatic carbocycles. The summed E-state index contributed by atoms with van der Waals surface area (Å²) in [5.41, 5.74) is 3.50. The van der Waals surface area contributed by atoms with E-state index in [9.17, 15) is 4.39 Å². The monoisotopic (exact) mass is 367 g/mol. The molecule has 1 N–H and O–H groups in total. The first-order valence-electron chi connectivity index (χ1n) is 9.39. The second-order valence-electron chi connectivity index (χ2n) is 7.12. The molecule has 0 saturated carbocycles. The van der Waals surface area contributed by atoms with Gasteiger partial charge in [0.05, 0.1) is 0 Å². The Balaban J connectivity index is 1.20. The topological polar surface area (TPSA) is 40.7 Å². The fraction of sp³-hybridized carbons (Fsp3) is 0.333. The van der Waals surface area contributed by atoms with Crippen LogP contribution in [0.15, 0.2) is 42.6 Å².